The standard InChI is InChI=1S/C22H21NO5/c1-4-23(20(25)13-27-3)18-11-6-5-9-16(18)14(2)17-10-7-8-15-12-19(24)22(26)28-21(15)17/h5-12,24H,2,4,13H2,1,3H3. The van der Waals surface area contributed by atoms with E-state index in [1.807, 2.05) is 31.2 Å². The first-order chi connectivity index (χ1) is 13.5. The lowest BCUT2D eigenvalue weighted by Crippen LogP contribution is -2.34. The van der Waals surface area contributed by atoms with Crippen molar-refractivity contribution < 1.29 is 19.1 Å². The molecule has 0 fully saturated rings. The average molecular weight is 379 g/mol. The van der Waals surface area contributed by atoms with E-state index < -0.39 is 11.4 Å². The molecule has 0 atom stereocenters. The third kappa shape index (κ3) is 3.54. The van der Waals surface area contributed by atoms with Crippen molar-refractivity contribution >= 4 is 28.1 Å². The third-order valence-electron chi connectivity index (χ3n) is 4.47. The Balaban J connectivity index is 2.15. The van der Waals surface area contributed by atoms with Crippen LogP contribution in [-0.2, 0) is 9.53 Å². The fourth-order valence-corrected chi connectivity index (χ4v) is 3.16. The zero-order valence-electron chi connectivity index (χ0n) is 15.8. The summed E-state index contributed by atoms with van der Waals surface area (Å²) in [5.41, 5.74) is 2.14. The van der Waals surface area contributed by atoms with Gasteiger partial charge in [-0.15, -0.1) is 0 Å². The normalized spacial score (nSPS) is 10.8. The number of benzene rings is 2. The Labute approximate surface area is 162 Å². The smallest absolute Gasteiger partial charge is 0.378 e. The Morgan fingerprint density at radius 3 is 2.61 bits per heavy atom. The molecule has 0 saturated heterocycles. The molecule has 6 heteroatoms. The second kappa shape index (κ2) is 8.10. The first kappa shape index (κ1) is 19.4. The van der Waals surface area contributed by atoms with E-state index in [9.17, 15) is 14.7 Å². The summed E-state index contributed by atoms with van der Waals surface area (Å²) in [6.45, 7) is 6.50. The number of ether oxygens (including phenoxy) is 1. The minimum absolute atomic E-state index is 0.0307. The van der Waals surface area contributed by atoms with E-state index in [1.54, 1.807) is 23.1 Å². The monoisotopic (exact) mass is 379 g/mol. The van der Waals surface area contributed by atoms with Gasteiger partial charge in [0.05, 0.1) is 5.69 Å². The van der Waals surface area contributed by atoms with Gasteiger partial charge in [-0.25, -0.2) is 4.79 Å². The Bertz CT molecular complexity index is 1100. The second-order valence-electron chi connectivity index (χ2n) is 6.21. The molecule has 144 valence electrons. The Hall–Kier alpha value is -3.38. The number of methoxy groups -OCH3 is 1. The van der Waals surface area contributed by atoms with Gasteiger partial charge in [-0.2, -0.15) is 0 Å². The molecule has 3 rings (SSSR count). The molecule has 1 N–H and O–H groups in total. The number of fused-ring (bicyclic) bond motifs is 1. The van der Waals surface area contributed by atoms with E-state index in [1.165, 1.54) is 13.2 Å². The van der Waals surface area contributed by atoms with Gasteiger partial charge in [0.15, 0.2) is 0 Å². The SMILES string of the molecule is C=C(c1ccccc1N(CC)C(=O)COC)c1cccc2cc(O)c(=O)oc12. The number of likely N-dealkylation sites (N-methyl/N-ethyl adjacent to an activating group) is 1. The summed E-state index contributed by atoms with van der Waals surface area (Å²) in [5, 5.41) is 10.2. The van der Waals surface area contributed by atoms with E-state index in [0.29, 0.717) is 34.3 Å². The number of anilines is 1. The second-order valence-corrected chi connectivity index (χ2v) is 6.21. The van der Waals surface area contributed by atoms with E-state index in [-0.39, 0.29) is 12.5 Å². The van der Waals surface area contributed by atoms with Crippen molar-refractivity contribution in [1.82, 2.24) is 0 Å². The maximum absolute atomic E-state index is 12.5. The molecule has 0 spiro atoms. The summed E-state index contributed by atoms with van der Waals surface area (Å²) in [6.07, 6.45) is 0. The van der Waals surface area contributed by atoms with Gasteiger partial charge in [-0.3, -0.25) is 4.79 Å². The lowest BCUT2D eigenvalue weighted by Gasteiger charge is -2.24. The molecule has 0 radical (unpaired) electrons. The molecule has 0 aliphatic rings. The van der Waals surface area contributed by atoms with Crippen LogP contribution in [-0.4, -0.2) is 31.3 Å². The van der Waals surface area contributed by atoms with E-state index in [0.717, 1.165) is 5.56 Å². The Morgan fingerprint density at radius 1 is 1.18 bits per heavy atom. The molecule has 2 aromatic carbocycles. The molecular weight excluding hydrogens is 358 g/mol. The molecule has 0 saturated carbocycles. The molecule has 28 heavy (non-hydrogen) atoms. The van der Waals surface area contributed by atoms with Crippen LogP contribution < -0.4 is 10.5 Å². The Kier molecular flexibility index (Phi) is 5.61. The minimum atomic E-state index is -0.813. The molecule has 0 unspecified atom stereocenters. The summed E-state index contributed by atoms with van der Waals surface area (Å²) in [4.78, 5) is 25.9. The summed E-state index contributed by atoms with van der Waals surface area (Å²) in [6, 6.07) is 14.1. The predicted molar refractivity (Wildman–Crippen MR) is 109 cm³/mol. The molecule has 1 aromatic heterocycles. The maximum Gasteiger partial charge on any atom is 0.378 e. The quantitative estimate of drug-likeness (QED) is 0.663. The van der Waals surface area contributed by atoms with Gasteiger partial charge in [0.2, 0.25) is 5.75 Å². The van der Waals surface area contributed by atoms with Crippen LogP contribution in [0.1, 0.15) is 18.1 Å². The number of amides is 1. The highest BCUT2D eigenvalue weighted by molar-refractivity contribution is 6.01. The highest BCUT2D eigenvalue weighted by Crippen LogP contribution is 2.34. The van der Waals surface area contributed by atoms with Crippen LogP contribution in [0, 0.1) is 0 Å². The van der Waals surface area contributed by atoms with Crippen molar-refractivity contribution in [2.24, 2.45) is 0 Å². The number of nitrogens with zero attached hydrogens (tertiary/aromatic N) is 1. The zero-order chi connectivity index (χ0) is 20.3. The summed E-state index contributed by atoms with van der Waals surface area (Å²) in [5.74, 6) is -0.613. The lowest BCUT2D eigenvalue weighted by atomic mass is 9.95. The first-order valence-corrected chi connectivity index (χ1v) is 8.81. The van der Waals surface area contributed by atoms with Crippen LogP contribution in [0.4, 0.5) is 5.69 Å². The number of para-hydroxylation sites is 2. The van der Waals surface area contributed by atoms with E-state index in [4.69, 9.17) is 9.15 Å². The summed E-state index contributed by atoms with van der Waals surface area (Å²) < 4.78 is 10.3. The predicted octanol–water partition coefficient (Wildman–Crippen LogP) is 3.56. The number of carbonyl (C=O) groups is 1. The molecule has 3 aromatic rings. The van der Waals surface area contributed by atoms with Gasteiger partial charge >= 0.3 is 5.63 Å². The molecule has 1 heterocycles. The van der Waals surface area contributed by atoms with Crippen molar-refractivity contribution in [1.29, 1.82) is 0 Å². The van der Waals surface area contributed by atoms with E-state index in [2.05, 4.69) is 6.58 Å². The van der Waals surface area contributed by atoms with Crippen LogP contribution in [0.2, 0.25) is 0 Å². The first-order valence-electron chi connectivity index (χ1n) is 8.81. The Morgan fingerprint density at radius 2 is 1.89 bits per heavy atom. The number of aromatic hydroxyl groups is 1. The summed E-state index contributed by atoms with van der Waals surface area (Å²) >= 11 is 0. The van der Waals surface area contributed by atoms with Crippen LogP contribution in [0.3, 0.4) is 0 Å². The van der Waals surface area contributed by atoms with Gasteiger partial charge in [0.25, 0.3) is 5.91 Å². The number of hydrogen-bond donors (Lipinski definition) is 1. The van der Waals surface area contributed by atoms with Gasteiger partial charge in [-0.05, 0) is 24.6 Å². The summed E-state index contributed by atoms with van der Waals surface area (Å²) in [7, 11) is 1.48. The lowest BCUT2D eigenvalue weighted by molar-refractivity contribution is -0.122. The maximum atomic E-state index is 12.5. The fourth-order valence-electron chi connectivity index (χ4n) is 3.16. The van der Waals surface area contributed by atoms with Crippen molar-refractivity contribution in [2.75, 3.05) is 25.2 Å². The van der Waals surface area contributed by atoms with Crippen LogP contribution in [0.5, 0.6) is 5.75 Å². The molecule has 6 nitrogen and oxygen atoms in total. The zero-order valence-corrected chi connectivity index (χ0v) is 15.8. The highest BCUT2D eigenvalue weighted by Gasteiger charge is 2.20. The molecule has 0 aliphatic heterocycles. The van der Waals surface area contributed by atoms with Crippen LogP contribution >= 0.6 is 0 Å². The van der Waals surface area contributed by atoms with Gasteiger partial charge in [-0.1, -0.05) is 43.0 Å². The molecular formula is C22H21NO5. The van der Waals surface area contributed by atoms with Gasteiger partial charge < -0.3 is 19.2 Å². The number of hydrogen-bond acceptors (Lipinski definition) is 5. The molecule has 0 bridgehead atoms. The molecule has 1 amide bonds. The van der Waals surface area contributed by atoms with Crippen LogP contribution in [0.15, 0.2) is 64.3 Å². The van der Waals surface area contributed by atoms with Crippen molar-refractivity contribution in [3.05, 3.63) is 76.7 Å². The average Bonchev–Trinajstić information content (AvgIpc) is 2.69. The van der Waals surface area contributed by atoms with Crippen molar-refractivity contribution in [3.8, 4) is 5.75 Å². The van der Waals surface area contributed by atoms with E-state index >= 15 is 0 Å². The van der Waals surface area contributed by atoms with Crippen LogP contribution in [0.25, 0.3) is 16.5 Å². The largest absolute Gasteiger partial charge is 0.502 e. The van der Waals surface area contributed by atoms with Crippen molar-refractivity contribution in [2.45, 2.75) is 6.92 Å². The third-order valence-corrected chi connectivity index (χ3v) is 4.47. The number of carbonyl (C=O) groups excluding carboxylic acids is 1. The fraction of sp³-hybridized carbons (Fsp3) is 0.182. The van der Waals surface area contributed by atoms with Gasteiger partial charge in [0.1, 0.15) is 12.2 Å². The number of rotatable bonds is 6. The minimum Gasteiger partial charge on any atom is -0.502 e. The highest BCUT2D eigenvalue weighted by atomic mass is 16.5. The molecule has 0 aliphatic carbocycles. The van der Waals surface area contributed by atoms with Gasteiger partial charge in [0, 0.05) is 30.2 Å². The topological polar surface area (TPSA) is 80.0 Å². The van der Waals surface area contributed by atoms with Crippen molar-refractivity contribution in [3.63, 3.8) is 0 Å².